The van der Waals surface area contributed by atoms with E-state index in [9.17, 15) is 4.79 Å². The lowest BCUT2D eigenvalue weighted by molar-refractivity contribution is -0.121. The van der Waals surface area contributed by atoms with Gasteiger partial charge in [-0.1, -0.05) is 12.8 Å². The molecule has 3 N–H and O–H groups in total. The van der Waals surface area contributed by atoms with Crippen molar-refractivity contribution in [3.8, 4) is 0 Å². The molecule has 1 fully saturated rings. The van der Waals surface area contributed by atoms with E-state index >= 15 is 0 Å². The molecule has 1 saturated carbocycles. The van der Waals surface area contributed by atoms with E-state index in [1.807, 2.05) is 0 Å². The molecule has 0 aromatic heterocycles. The Kier molecular flexibility index (Phi) is 6.62. The van der Waals surface area contributed by atoms with E-state index < -0.39 is 0 Å². The van der Waals surface area contributed by atoms with Crippen molar-refractivity contribution in [2.24, 2.45) is 16.6 Å². The molecule has 5 nitrogen and oxygen atoms in total. The fraction of sp³-hybridized carbons (Fsp3) is 0.833. The highest BCUT2D eigenvalue weighted by Crippen LogP contribution is 2.24. The first-order valence-electron chi connectivity index (χ1n) is 6.29. The first-order chi connectivity index (χ1) is 8.24. The van der Waals surface area contributed by atoms with Crippen molar-refractivity contribution in [1.29, 1.82) is 0 Å². The van der Waals surface area contributed by atoms with Crippen LogP contribution in [0.4, 0.5) is 0 Å². The Labute approximate surface area is 103 Å². The Morgan fingerprint density at radius 2 is 2.18 bits per heavy atom. The smallest absolute Gasteiger partial charge is 0.221 e. The van der Waals surface area contributed by atoms with E-state index in [0.717, 1.165) is 18.7 Å². The number of nitrogens with two attached hydrogens (primary N) is 1. The number of hydrogen-bond acceptors (Lipinski definition) is 3. The number of methoxy groups -OCH3 is 1. The number of carbonyl (C=O) groups is 1. The van der Waals surface area contributed by atoms with E-state index in [-0.39, 0.29) is 5.91 Å². The predicted molar refractivity (Wildman–Crippen MR) is 68.0 cm³/mol. The molecule has 0 bridgehead atoms. The molecule has 98 valence electrons. The van der Waals surface area contributed by atoms with Crippen molar-refractivity contribution in [2.75, 3.05) is 26.8 Å². The molecule has 1 aliphatic rings. The molecule has 0 unspecified atom stereocenters. The minimum atomic E-state index is 0.00465. The van der Waals surface area contributed by atoms with Crippen LogP contribution in [-0.2, 0) is 9.53 Å². The lowest BCUT2D eigenvalue weighted by atomic mass is 10.1. The van der Waals surface area contributed by atoms with Gasteiger partial charge in [0.05, 0.1) is 12.4 Å². The Hall–Kier alpha value is -1.10. The van der Waals surface area contributed by atoms with Gasteiger partial charge >= 0.3 is 0 Å². The van der Waals surface area contributed by atoms with Gasteiger partial charge in [0.25, 0.3) is 0 Å². The zero-order valence-corrected chi connectivity index (χ0v) is 10.6. The molecule has 1 aliphatic carbocycles. The van der Waals surface area contributed by atoms with Crippen LogP contribution >= 0.6 is 0 Å². The third-order valence-electron chi connectivity index (χ3n) is 3.04. The summed E-state index contributed by atoms with van der Waals surface area (Å²) in [5.74, 6) is 1.18. The Bertz CT molecular complexity index is 260. The summed E-state index contributed by atoms with van der Waals surface area (Å²) in [5.41, 5.74) is 5.89. The number of aliphatic imine (C=N–C) groups is 1. The molecule has 0 heterocycles. The maximum absolute atomic E-state index is 11.3. The van der Waals surface area contributed by atoms with Gasteiger partial charge < -0.3 is 15.8 Å². The summed E-state index contributed by atoms with van der Waals surface area (Å²) >= 11 is 0. The number of nitrogens with one attached hydrogen (secondary N) is 1. The Balaban J connectivity index is 2.12. The van der Waals surface area contributed by atoms with Crippen LogP contribution in [0, 0.1) is 5.92 Å². The summed E-state index contributed by atoms with van der Waals surface area (Å²) < 4.78 is 4.84. The van der Waals surface area contributed by atoms with Crippen molar-refractivity contribution < 1.29 is 9.53 Å². The van der Waals surface area contributed by atoms with Crippen molar-refractivity contribution in [3.63, 3.8) is 0 Å². The van der Waals surface area contributed by atoms with Crippen LogP contribution in [0.2, 0.25) is 0 Å². The van der Waals surface area contributed by atoms with Crippen LogP contribution in [0.3, 0.4) is 0 Å². The lowest BCUT2D eigenvalue weighted by Crippen LogP contribution is -2.28. The molecule has 0 atom stereocenters. The molecular weight excluding hydrogens is 218 g/mol. The number of nitrogens with zero attached hydrogens (tertiary/aromatic N) is 1. The van der Waals surface area contributed by atoms with E-state index in [0.29, 0.717) is 32.0 Å². The second kappa shape index (κ2) is 8.06. The first-order valence-corrected chi connectivity index (χ1v) is 6.29. The highest BCUT2D eigenvalue weighted by molar-refractivity contribution is 5.83. The van der Waals surface area contributed by atoms with Crippen LogP contribution in [0.1, 0.15) is 32.1 Å². The zero-order valence-electron chi connectivity index (χ0n) is 10.6. The monoisotopic (exact) mass is 241 g/mol. The average Bonchev–Trinajstić information content (AvgIpc) is 2.82. The van der Waals surface area contributed by atoms with Crippen LogP contribution in [0.25, 0.3) is 0 Å². The summed E-state index contributed by atoms with van der Waals surface area (Å²) in [7, 11) is 1.61. The summed E-state index contributed by atoms with van der Waals surface area (Å²) in [6.45, 7) is 1.58. The predicted octanol–water partition coefficient (Wildman–Crippen LogP) is 0.687. The molecule has 0 aromatic rings. The fourth-order valence-electron chi connectivity index (χ4n) is 2.02. The fourth-order valence-corrected chi connectivity index (χ4v) is 2.02. The van der Waals surface area contributed by atoms with Gasteiger partial charge in [-0.15, -0.1) is 0 Å². The molecule has 0 spiro atoms. The van der Waals surface area contributed by atoms with Crippen molar-refractivity contribution in [2.45, 2.75) is 32.1 Å². The molecule has 0 saturated heterocycles. The van der Waals surface area contributed by atoms with Gasteiger partial charge in [-0.05, 0) is 12.8 Å². The largest absolute Gasteiger partial charge is 0.387 e. The minimum Gasteiger partial charge on any atom is -0.387 e. The Morgan fingerprint density at radius 1 is 1.47 bits per heavy atom. The number of amides is 1. The van der Waals surface area contributed by atoms with Crippen LogP contribution in [-0.4, -0.2) is 38.5 Å². The van der Waals surface area contributed by atoms with Crippen molar-refractivity contribution in [3.05, 3.63) is 0 Å². The molecule has 1 rings (SSSR count). The maximum Gasteiger partial charge on any atom is 0.221 e. The lowest BCUT2D eigenvalue weighted by Gasteiger charge is -2.08. The van der Waals surface area contributed by atoms with Crippen molar-refractivity contribution >= 4 is 11.7 Å². The van der Waals surface area contributed by atoms with Gasteiger partial charge in [-0.2, -0.15) is 0 Å². The van der Waals surface area contributed by atoms with E-state index in [1.165, 1.54) is 12.8 Å². The standard InChI is InChI=1S/C12H23N3O2/c1-17-9-8-14-11(16)6-7-15-12(13)10-4-2-3-5-10/h10H,2-9H2,1H3,(H2,13,15)(H,14,16). The molecular formula is C12H23N3O2. The van der Waals surface area contributed by atoms with Crippen molar-refractivity contribution in [1.82, 2.24) is 5.32 Å². The Morgan fingerprint density at radius 3 is 2.82 bits per heavy atom. The topological polar surface area (TPSA) is 76.7 Å². The molecule has 0 aromatic carbocycles. The summed E-state index contributed by atoms with van der Waals surface area (Å²) in [4.78, 5) is 15.6. The first kappa shape index (κ1) is 14.0. The van der Waals surface area contributed by atoms with E-state index in [4.69, 9.17) is 10.5 Å². The quantitative estimate of drug-likeness (QED) is 0.391. The number of amidine groups is 1. The minimum absolute atomic E-state index is 0.00465. The normalized spacial score (nSPS) is 17.4. The zero-order chi connectivity index (χ0) is 12.5. The van der Waals surface area contributed by atoms with E-state index in [2.05, 4.69) is 10.3 Å². The van der Waals surface area contributed by atoms with Gasteiger partial charge in [0.1, 0.15) is 0 Å². The average molecular weight is 241 g/mol. The van der Waals surface area contributed by atoms with Gasteiger partial charge in [0.15, 0.2) is 0 Å². The molecule has 17 heavy (non-hydrogen) atoms. The second-order valence-corrected chi connectivity index (χ2v) is 4.38. The summed E-state index contributed by atoms with van der Waals surface area (Å²) in [6.07, 6.45) is 5.19. The molecule has 1 amide bonds. The molecule has 0 radical (unpaired) electrons. The van der Waals surface area contributed by atoms with Gasteiger partial charge in [-0.3, -0.25) is 9.79 Å². The van der Waals surface area contributed by atoms with Crippen LogP contribution in [0.5, 0.6) is 0 Å². The van der Waals surface area contributed by atoms with Gasteiger partial charge in [0, 0.05) is 32.5 Å². The number of carbonyl (C=O) groups excluding carboxylic acids is 1. The SMILES string of the molecule is COCCNC(=O)CCN=C(N)C1CCCC1. The van der Waals surface area contributed by atoms with Crippen LogP contribution < -0.4 is 11.1 Å². The van der Waals surface area contributed by atoms with Gasteiger partial charge in [0.2, 0.25) is 5.91 Å². The summed E-state index contributed by atoms with van der Waals surface area (Å²) in [6, 6.07) is 0. The molecule has 0 aliphatic heterocycles. The van der Waals surface area contributed by atoms with Gasteiger partial charge in [-0.25, -0.2) is 0 Å². The highest BCUT2D eigenvalue weighted by Gasteiger charge is 2.18. The van der Waals surface area contributed by atoms with E-state index in [1.54, 1.807) is 7.11 Å². The van der Waals surface area contributed by atoms with Crippen LogP contribution in [0.15, 0.2) is 4.99 Å². The molecule has 5 heteroatoms. The number of rotatable bonds is 7. The third-order valence-corrected chi connectivity index (χ3v) is 3.04. The summed E-state index contributed by atoms with van der Waals surface area (Å²) in [5, 5.41) is 2.75. The highest BCUT2D eigenvalue weighted by atomic mass is 16.5. The third kappa shape index (κ3) is 5.68. The number of ether oxygens (including phenoxy) is 1. The second-order valence-electron chi connectivity index (χ2n) is 4.38. The number of hydrogen-bond donors (Lipinski definition) is 2. The maximum atomic E-state index is 11.3.